The highest BCUT2D eigenvalue weighted by Gasteiger charge is 2.17. The minimum Gasteiger partial charge on any atom is -0.453 e. The fourth-order valence-electron chi connectivity index (χ4n) is 2.26. The Morgan fingerprint density at radius 3 is 2.35 bits per heavy atom. The van der Waals surface area contributed by atoms with Crippen LogP contribution in [0.3, 0.4) is 0 Å². The molecule has 0 saturated carbocycles. The summed E-state index contributed by atoms with van der Waals surface area (Å²) >= 11 is 1.60. The van der Waals surface area contributed by atoms with Gasteiger partial charge in [0, 0.05) is 16.3 Å². The number of carbonyl (C=O) groups excluding carboxylic acids is 2. The summed E-state index contributed by atoms with van der Waals surface area (Å²) in [6.45, 7) is 5.70. The van der Waals surface area contributed by atoms with Gasteiger partial charge in [-0.1, -0.05) is 36.8 Å². The summed E-state index contributed by atoms with van der Waals surface area (Å²) in [5.41, 5.74) is 3.11. The highest BCUT2D eigenvalue weighted by atomic mass is 32.2. The van der Waals surface area contributed by atoms with Crippen LogP contribution in [-0.4, -0.2) is 23.7 Å². The van der Waals surface area contributed by atoms with Crippen molar-refractivity contribution in [2.75, 3.05) is 11.1 Å². The summed E-state index contributed by atoms with van der Waals surface area (Å²) in [6, 6.07) is 15.8. The van der Waals surface area contributed by atoms with Crippen LogP contribution in [-0.2, 0) is 20.7 Å². The Morgan fingerprint density at radius 1 is 1.08 bits per heavy atom. The summed E-state index contributed by atoms with van der Waals surface area (Å²) in [5.74, 6) is -0.0725. The van der Waals surface area contributed by atoms with Crippen molar-refractivity contribution in [3.63, 3.8) is 0 Å². The first-order valence-corrected chi connectivity index (χ1v) is 9.75. The highest BCUT2D eigenvalue weighted by Crippen LogP contribution is 2.19. The van der Waals surface area contributed by atoms with Gasteiger partial charge in [0.1, 0.15) is 0 Å². The van der Waals surface area contributed by atoms with E-state index < -0.39 is 6.10 Å². The molecule has 0 radical (unpaired) electrons. The summed E-state index contributed by atoms with van der Waals surface area (Å²) < 4.78 is 5.22. The van der Waals surface area contributed by atoms with Gasteiger partial charge in [-0.15, -0.1) is 11.8 Å². The molecule has 0 aromatic heterocycles. The first-order valence-electron chi connectivity index (χ1n) is 8.76. The van der Waals surface area contributed by atoms with Crippen molar-refractivity contribution in [1.29, 1.82) is 0 Å². The zero-order valence-electron chi connectivity index (χ0n) is 15.5. The standard InChI is InChI=1S/C21H25NO3S/c1-4-17-7-9-18(10-8-17)22-21(24)16(3)25-20(23)13-14-26-19-11-5-15(2)6-12-19/h5-12,16H,4,13-14H2,1-3H3,(H,22,24)/t16-/m1/s1. The van der Waals surface area contributed by atoms with Crippen LogP contribution in [0.2, 0.25) is 0 Å². The second-order valence-electron chi connectivity index (χ2n) is 6.08. The number of hydrogen-bond acceptors (Lipinski definition) is 4. The summed E-state index contributed by atoms with van der Waals surface area (Å²) in [7, 11) is 0. The Hall–Kier alpha value is -2.27. The van der Waals surface area contributed by atoms with Crippen LogP contribution in [0.15, 0.2) is 53.4 Å². The SMILES string of the molecule is CCc1ccc(NC(=O)[C@@H](C)OC(=O)CCSc2ccc(C)cc2)cc1. The van der Waals surface area contributed by atoms with E-state index in [2.05, 4.69) is 12.2 Å². The third-order valence-electron chi connectivity index (χ3n) is 3.90. The molecule has 0 fully saturated rings. The number of amides is 1. The number of aryl methyl sites for hydroxylation is 2. The molecule has 4 nitrogen and oxygen atoms in total. The lowest BCUT2D eigenvalue weighted by molar-refractivity contribution is -0.152. The quantitative estimate of drug-likeness (QED) is 0.544. The molecule has 26 heavy (non-hydrogen) atoms. The maximum atomic E-state index is 12.1. The molecule has 2 aromatic rings. The molecule has 0 aliphatic heterocycles. The van der Waals surface area contributed by atoms with Crippen LogP contribution in [0, 0.1) is 6.92 Å². The minimum atomic E-state index is -0.822. The first-order chi connectivity index (χ1) is 12.5. The average molecular weight is 372 g/mol. The first kappa shape index (κ1) is 20.0. The van der Waals surface area contributed by atoms with Crippen molar-refractivity contribution < 1.29 is 14.3 Å². The number of thioether (sulfide) groups is 1. The lowest BCUT2D eigenvalue weighted by Gasteiger charge is -2.13. The normalized spacial score (nSPS) is 11.7. The van der Waals surface area contributed by atoms with Crippen molar-refractivity contribution in [3.05, 3.63) is 59.7 Å². The van der Waals surface area contributed by atoms with Gasteiger partial charge in [0.15, 0.2) is 6.10 Å². The molecule has 0 saturated heterocycles. The molecule has 0 heterocycles. The van der Waals surface area contributed by atoms with E-state index in [0.717, 1.165) is 11.3 Å². The van der Waals surface area contributed by atoms with Crippen molar-refractivity contribution >= 4 is 29.3 Å². The number of rotatable bonds is 8. The molecular weight excluding hydrogens is 346 g/mol. The molecule has 0 aliphatic carbocycles. The molecule has 2 aromatic carbocycles. The zero-order valence-corrected chi connectivity index (χ0v) is 16.3. The predicted octanol–water partition coefficient (Wildman–Crippen LogP) is 4.61. The molecule has 2 rings (SSSR count). The van der Waals surface area contributed by atoms with Gasteiger partial charge in [-0.05, 0) is 50.1 Å². The monoisotopic (exact) mass is 371 g/mol. The fraction of sp³-hybridized carbons (Fsp3) is 0.333. The molecule has 0 aliphatic rings. The fourth-order valence-corrected chi connectivity index (χ4v) is 3.10. The molecule has 0 unspecified atom stereocenters. The molecule has 1 N–H and O–H groups in total. The number of carbonyl (C=O) groups is 2. The Morgan fingerprint density at radius 2 is 1.73 bits per heavy atom. The number of nitrogens with one attached hydrogen (secondary N) is 1. The zero-order chi connectivity index (χ0) is 18.9. The average Bonchev–Trinajstić information content (AvgIpc) is 2.64. The van der Waals surface area contributed by atoms with Crippen LogP contribution >= 0.6 is 11.8 Å². The molecular formula is C21H25NO3S. The van der Waals surface area contributed by atoms with E-state index in [1.807, 2.05) is 55.5 Å². The molecule has 0 spiro atoms. The third kappa shape index (κ3) is 6.56. The van der Waals surface area contributed by atoms with Crippen molar-refractivity contribution in [2.24, 2.45) is 0 Å². The Labute approximate surface area is 159 Å². The van der Waals surface area contributed by atoms with Crippen molar-refractivity contribution in [3.8, 4) is 0 Å². The predicted molar refractivity (Wildman–Crippen MR) is 107 cm³/mol. The third-order valence-corrected chi connectivity index (χ3v) is 4.92. The van der Waals surface area contributed by atoms with Crippen LogP contribution in [0.25, 0.3) is 0 Å². The van der Waals surface area contributed by atoms with Gasteiger partial charge in [0.2, 0.25) is 0 Å². The highest BCUT2D eigenvalue weighted by molar-refractivity contribution is 7.99. The number of ether oxygens (including phenoxy) is 1. The number of benzene rings is 2. The lowest BCUT2D eigenvalue weighted by Crippen LogP contribution is -2.30. The van der Waals surface area contributed by atoms with E-state index in [9.17, 15) is 9.59 Å². The van der Waals surface area contributed by atoms with Gasteiger partial charge in [-0.25, -0.2) is 0 Å². The molecule has 138 valence electrons. The molecule has 0 bridgehead atoms. The van der Waals surface area contributed by atoms with Crippen LogP contribution < -0.4 is 5.32 Å². The Bertz CT molecular complexity index is 726. The van der Waals surface area contributed by atoms with Gasteiger partial charge < -0.3 is 10.1 Å². The second-order valence-corrected chi connectivity index (χ2v) is 7.25. The Kier molecular flexibility index (Phi) is 7.73. The van der Waals surface area contributed by atoms with Crippen LogP contribution in [0.5, 0.6) is 0 Å². The largest absolute Gasteiger partial charge is 0.453 e. The molecule has 1 amide bonds. The summed E-state index contributed by atoms with van der Waals surface area (Å²) in [6.07, 6.45) is 0.391. The van der Waals surface area contributed by atoms with Crippen LogP contribution in [0.1, 0.15) is 31.4 Å². The number of anilines is 1. The number of hydrogen-bond donors (Lipinski definition) is 1. The molecule has 1 atom stereocenters. The molecule has 5 heteroatoms. The maximum absolute atomic E-state index is 12.1. The van der Waals surface area contributed by atoms with E-state index in [-0.39, 0.29) is 18.3 Å². The van der Waals surface area contributed by atoms with E-state index in [1.54, 1.807) is 18.7 Å². The topological polar surface area (TPSA) is 55.4 Å². The van der Waals surface area contributed by atoms with Crippen LogP contribution in [0.4, 0.5) is 5.69 Å². The van der Waals surface area contributed by atoms with Gasteiger partial charge in [0.05, 0.1) is 6.42 Å². The van der Waals surface area contributed by atoms with E-state index in [4.69, 9.17) is 4.74 Å². The van der Waals surface area contributed by atoms with Gasteiger partial charge >= 0.3 is 5.97 Å². The van der Waals surface area contributed by atoms with Gasteiger partial charge in [-0.2, -0.15) is 0 Å². The minimum absolute atomic E-state index is 0.265. The second kappa shape index (κ2) is 10.0. The van der Waals surface area contributed by atoms with E-state index in [0.29, 0.717) is 11.4 Å². The van der Waals surface area contributed by atoms with Crippen molar-refractivity contribution in [1.82, 2.24) is 0 Å². The smallest absolute Gasteiger partial charge is 0.307 e. The Balaban J connectivity index is 1.72. The maximum Gasteiger partial charge on any atom is 0.307 e. The van der Waals surface area contributed by atoms with E-state index in [1.165, 1.54) is 11.1 Å². The van der Waals surface area contributed by atoms with Crippen molar-refractivity contribution in [2.45, 2.75) is 44.6 Å². The van der Waals surface area contributed by atoms with Gasteiger partial charge in [0.25, 0.3) is 5.91 Å². The van der Waals surface area contributed by atoms with Gasteiger partial charge in [-0.3, -0.25) is 9.59 Å². The lowest BCUT2D eigenvalue weighted by atomic mass is 10.1. The van der Waals surface area contributed by atoms with E-state index >= 15 is 0 Å². The summed E-state index contributed by atoms with van der Waals surface area (Å²) in [5, 5.41) is 2.76. The number of esters is 1. The summed E-state index contributed by atoms with van der Waals surface area (Å²) in [4.78, 5) is 25.2.